The first-order valence-corrected chi connectivity index (χ1v) is 7.22. The highest BCUT2D eigenvalue weighted by Gasteiger charge is 2.20. The first-order valence-electron chi connectivity index (χ1n) is 7.22. The third-order valence-electron chi connectivity index (χ3n) is 3.63. The summed E-state index contributed by atoms with van der Waals surface area (Å²) in [6, 6.07) is 7.74. The lowest BCUT2D eigenvalue weighted by Crippen LogP contribution is -2.47. The molecule has 1 heterocycles. The minimum atomic E-state index is -0.163. The van der Waals surface area contributed by atoms with Gasteiger partial charge in [-0.05, 0) is 31.9 Å². The number of carbonyl (C=O) groups excluding carboxylic acids is 1. The van der Waals surface area contributed by atoms with E-state index in [0.717, 1.165) is 31.6 Å². The maximum absolute atomic E-state index is 11.9. The van der Waals surface area contributed by atoms with Crippen LogP contribution in [0.4, 0.5) is 10.5 Å². The lowest BCUT2D eigenvalue weighted by molar-refractivity contribution is 0.212. The van der Waals surface area contributed by atoms with Crippen molar-refractivity contribution in [3.8, 4) is 0 Å². The van der Waals surface area contributed by atoms with Gasteiger partial charge >= 0.3 is 6.03 Å². The Kier molecular flexibility index (Phi) is 5.16. The number of amides is 2. The first-order chi connectivity index (χ1) is 10.0. The molecule has 0 radical (unpaired) electrons. The number of likely N-dealkylation sites (tertiary alicyclic amines) is 1. The molecule has 0 unspecified atom stereocenters. The predicted molar refractivity (Wildman–Crippen MR) is 84.7 cm³/mol. The molecule has 0 aromatic heterocycles. The highest BCUT2D eigenvalue weighted by Crippen LogP contribution is 2.11. The molecule has 1 fully saturated rings. The minimum absolute atomic E-state index is 0.163. The van der Waals surface area contributed by atoms with Gasteiger partial charge in [0.25, 0.3) is 0 Å². The Morgan fingerprint density at radius 3 is 2.52 bits per heavy atom. The molecule has 6 nitrogen and oxygen atoms in total. The Labute approximate surface area is 125 Å². The summed E-state index contributed by atoms with van der Waals surface area (Å²) >= 11 is 0. The molecule has 1 aliphatic heterocycles. The topological polar surface area (TPSA) is 94.2 Å². The van der Waals surface area contributed by atoms with Crippen LogP contribution in [-0.2, 0) is 0 Å². The van der Waals surface area contributed by atoms with E-state index in [-0.39, 0.29) is 17.9 Å². The highest BCUT2D eigenvalue weighted by atomic mass is 16.2. The van der Waals surface area contributed by atoms with E-state index in [9.17, 15) is 4.79 Å². The normalized spacial score (nSPS) is 16.4. The monoisotopic (exact) mass is 289 g/mol. The first kappa shape index (κ1) is 15.3. The van der Waals surface area contributed by atoms with Gasteiger partial charge in [0.15, 0.2) is 0 Å². The van der Waals surface area contributed by atoms with Gasteiger partial charge in [0.1, 0.15) is 5.84 Å². The molecular formula is C15H23N5O. The number of hydrogen-bond acceptors (Lipinski definition) is 3. The SMILES string of the molecule is Cc1ccc(NC(=O)NC2CCN(CC(=N)N)CC2)cc1. The molecule has 1 saturated heterocycles. The van der Waals surface area contributed by atoms with E-state index in [0.29, 0.717) is 6.54 Å². The van der Waals surface area contributed by atoms with Crippen LogP contribution in [0.2, 0.25) is 0 Å². The van der Waals surface area contributed by atoms with Gasteiger partial charge in [0.2, 0.25) is 0 Å². The van der Waals surface area contributed by atoms with Crippen LogP contribution in [0.1, 0.15) is 18.4 Å². The largest absolute Gasteiger partial charge is 0.387 e. The Hall–Kier alpha value is -2.08. The molecule has 1 aromatic rings. The second-order valence-corrected chi connectivity index (χ2v) is 5.54. The van der Waals surface area contributed by atoms with Gasteiger partial charge in [0.05, 0.1) is 6.54 Å². The zero-order valence-electron chi connectivity index (χ0n) is 12.4. The number of piperidine rings is 1. The third kappa shape index (κ3) is 5.07. The number of aryl methyl sites for hydroxylation is 1. The van der Waals surface area contributed by atoms with Crippen LogP contribution in [0, 0.1) is 12.3 Å². The summed E-state index contributed by atoms with van der Waals surface area (Å²) in [5, 5.41) is 13.1. The van der Waals surface area contributed by atoms with Crippen molar-refractivity contribution in [3.63, 3.8) is 0 Å². The average Bonchev–Trinajstić information content (AvgIpc) is 2.43. The van der Waals surface area contributed by atoms with Gasteiger partial charge in [-0.1, -0.05) is 17.7 Å². The fourth-order valence-corrected chi connectivity index (χ4v) is 2.47. The van der Waals surface area contributed by atoms with Crippen LogP contribution in [-0.4, -0.2) is 42.4 Å². The average molecular weight is 289 g/mol. The fourth-order valence-electron chi connectivity index (χ4n) is 2.47. The Balaban J connectivity index is 1.74. The third-order valence-corrected chi connectivity index (χ3v) is 3.63. The summed E-state index contributed by atoms with van der Waals surface area (Å²) in [4.78, 5) is 14.1. The molecular weight excluding hydrogens is 266 g/mol. The van der Waals surface area contributed by atoms with E-state index >= 15 is 0 Å². The summed E-state index contributed by atoms with van der Waals surface area (Å²) < 4.78 is 0. The number of nitrogens with two attached hydrogens (primary N) is 1. The molecule has 6 heteroatoms. The predicted octanol–water partition coefficient (Wildman–Crippen LogP) is 1.52. The summed E-state index contributed by atoms with van der Waals surface area (Å²) in [5.41, 5.74) is 7.36. The number of carbonyl (C=O) groups is 1. The van der Waals surface area contributed by atoms with Crippen molar-refractivity contribution in [3.05, 3.63) is 29.8 Å². The fraction of sp³-hybridized carbons (Fsp3) is 0.467. The summed E-state index contributed by atoms with van der Waals surface area (Å²) in [6.45, 7) is 4.24. The van der Waals surface area contributed by atoms with Crippen LogP contribution in [0.3, 0.4) is 0 Å². The van der Waals surface area contributed by atoms with E-state index in [1.54, 1.807) is 0 Å². The van der Waals surface area contributed by atoms with Gasteiger partial charge in [-0.15, -0.1) is 0 Å². The molecule has 0 aliphatic carbocycles. The molecule has 2 rings (SSSR count). The zero-order valence-corrected chi connectivity index (χ0v) is 12.4. The molecule has 5 N–H and O–H groups in total. The number of benzene rings is 1. The molecule has 2 amide bonds. The summed E-state index contributed by atoms with van der Waals surface area (Å²) in [5.74, 6) is 0.193. The van der Waals surface area contributed by atoms with E-state index < -0.39 is 0 Å². The number of anilines is 1. The van der Waals surface area contributed by atoms with Crippen LogP contribution in [0.5, 0.6) is 0 Å². The Morgan fingerprint density at radius 1 is 1.33 bits per heavy atom. The van der Waals surface area contributed by atoms with Gasteiger partial charge in [-0.3, -0.25) is 10.3 Å². The smallest absolute Gasteiger partial charge is 0.319 e. The lowest BCUT2D eigenvalue weighted by Gasteiger charge is -2.31. The second-order valence-electron chi connectivity index (χ2n) is 5.54. The maximum Gasteiger partial charge on any atom is 0.319 e. The van der Waals surface area contributed by atoms with E-state index in [2.05, 4.69) is 15.5 Å². The van der Waals surface area contributed by atoms with E-state index in [1.807, 2.05) is 31.2 Å². The lowest BCUT2D eigenvalue weighted by atomic mass is 10.1. The number of rotatable bonds is 4. The highest BCUT2D eigenvalue weighted by molar-refractivity contribution is 5.89. The van der Waals surface area contributed by atoms with Gasteiger partial charge in [-0.2, -0.15) is 0 Å². The van der Waals surface area contributed by atoms with Crippen molar-refractivity contribution in [1.29, 1.82) is 5.41 Å². The maximum atomic E-state index is 11.9. The van der Waals surface area contributed by atoms with Crippen molar-refractivity contribution < 1.29 is 4.79 Å². The standard InChI is InChI=1S/C15H23N5O/c1-11-2-4-12(5-3-11)18-15(21)19-13-6-8-20(9-7-13)10-14(16)17/h2-5,13H,6-10H2,1H3,(H3,16,17)(H2,18,19,21). The van der Waals surface area contributed by atoms with Crippen LogP contribution >= 0.6 is 0 Å². The quantitative estimate of drug-likeness (QED) is 0.500. The summed E-state index contributed by atoms with van der Waals surface area (Å²) in [6.07, 6.45) is 1.77. The molecule has 1 aromatic carbocycles. The number of nitrogens with zero attached hydrogens (tertiary/aromatic N) is 1. The Morgan fingerprint density at radius 2 is 1.95 bits per heavy atom. The number of hydrogen-bond donors (Lipinski definition) is 4. The van der Waals surface area contributed by atoms with Crippen molar-refractivity contribution in [2.24, 2.45) is 5.73 Å². The van der Waals surface area contributed by atoms with Crippen molar-refractivity contribution >= 4 is 17.6 Å². The van der Waals surface area contributed by atoms with Gasteiger partial charge in [0, 0.05) is 24.8 Å². The zero-order chi connectivity index (χ0) is 15.2. The van der Waals surface area contributed by atoms with Gasteiger partial charge in [-0.25, -0.2) is 4.79 Å². The van der Waals surface area contributed by atoms with Crippen molar-refractivity contribution in [1.82, 2.24) is 10.2 Å². The number of urea groups is 1. The van der Waals surface area contributed by atoms with Crippen LogP contribution in [0.15, 0.2) is 24.3 Å². The molecule has 114 valence electrons. The summed E-state index contributed by atoms with van der Waals surface area (Å²) in [7, 11) is 0. The van der Waals surface area contributed by atoms with Gasteiger partial charge < -0.3 is 16.4 Å². The second kappa shape index (κ2) is 7.08. The van der Waals surface area contributed by atoms with E-state index in [4.69, 9.17) is 11.1 Å². The molecule has 0 saturated carbocycles. The molecule has 21 heavy (non-hydrogen) atoms. The number of nitrogens with one attached hydrogen (secondary N) is 3. The van der Waals surface area contributed by atoms with Crippen molar-refractivity contribution in [2.75, 3.05) is 25.0 Å². The molecule has 1 aliphatic rings. The number of amidine groups is 1. The minimum Gasteiger partial charge on any atom is -0.387 e. The van der Waals surface area contributed by atoms with Crippen LogP contribution in [0.25, 0.3) is 0 Å². The molecule has 0 atom stereocenters. The Bertz CT molecular complexity index is 491. The molecule has 0 bridgehead atoms. The van der Waals surface area contributed by atoms with Crippen molar-refractivity contribution in [2.45, 2.75) is 25.8 Å². The van der Waals surface area contributed by atoms with Crippen LogP contribution < -0.4 is 16.4 Å². The molecule has 0 spiro atoms. The van der Waals surface area contributed by atoms with E-state index in [1.165, 1.54) is 5.56 Å².